The Labute approximate surface area is 104 Å². The molecule has 0 aromatic heterocycles. The lowest BCUT2D eigenvalue weighted by molar-refractivity contribution is -0.145. The van der Waals surface area contributed by atoms with E-state index in [1.54, 1.807) is 0 Å². The minimum absolute atomic E-state index is 0.0837. The number of carbonyl (C=O) groups is 2. The highest BCUT2D eigenvalue weighted by atomic mass is 19.1. The Morgan fingerprint density at radius 1 is 1.28 bits per heavy atom. The first kappa shape index (κ1) is 12.5. The minimum atomic E-state index is -1.14. The van der Waals surface area contributed by atoms with Gasteiger partial charge in [-0.15, -0.1) is 0 Å². The molecular formula is C13H13FO4. The highest BCUT2D eigenvalue weighted by molar-refractivity contribution is 6.15. The third-order valence-electron chi connectivity index (χ3n) is 3.17. The van der Waals surface area contributed by atoms with E-state index in [2.05, 4.69) is 4.74 Å². The van der Waals surface area contributed by atoms with Crippen LogP contribution in [0, 0.1) is 11.2 Å². The lowest BCUT2D eigenvalue weighted by Crippen LogP contribution is -2.27. The second-order valence-corrected chi connectivity index (χ2v) is 4.25. The monoisotopic (exact) mass is 252 g/mol. The molecule has 0 N–H and O–H groups in total. The van der Waals surface area contributed by atoms with E-state index in [9.17, 15) is 14.0 Å². The van der Waals surface area contributed by atoms with E-state index in [-0.39, 0.29) is 11.3 Å². The Morgan fingerprint density at radius 2 is 1.94 bits per heavy atom. The summed E-state index contributed by atoms with van der Waals surface area (Å²) in [6, 6.07) is 3.66. The van der Waals surface area contributed by atoms with Gasteiger partial charge in [-0.25, -0.2) is 4.39 Å². The lowest BCUT2D eigenvalue weighted by Gasteiger charge is -2.13. The van der Waals surface area contributed by atoms with Crippen molar-refractivity contribution >= 4 is 11.8 Å². The van der Waals surface area contributed by atoms with Crippen molar-refractivity contribution in [3.05, 3.63) is 29.6 Å². The number of benzene rings is 1. The molecule has 96 valence electrons. The van der Waals surface area contributed by atoms with Gasteiger partial charge < -0.3 is 9.47 Å². The molecule has 1 saturated carbocycles. The van der Waals surface area contributed by atoms with Gasteiger partial charge in [-0.3, -0.25) is 9.59 Å². The predicted octanol–water partition coefficient (Wildman–Crippen LogP) is 1.97. The summed E-state index contributed by atoms with van der Waals surface area (Å²) in [4.78, 5) is 23.9. The summed E-state index contributed by atoms with van der Waals surface area (Å²) in [6.45, 7) is 0. The molecule has 18 heavy (non-hydrogen) atoms. The summed E-state index contributed by atoms with van der Waals surface area (Å²) >= 11 is 0. The fourth-order valence-corrected chi connectivity index (χ4v) is 1.96. The smallest absolute Gasteiger partial charge is 0.319 e. The number of carbonyl (C=O) groups excluding carboxylic acids is 2. The van der Waals surface area contributed by atoms with Crippen molar-refractivity contribution in [2.75, 3.05) is 14.2 Å². The Kier molecular flexibility index (Phi) is 3.07. The van der Waals surface area contributed by atoms with Crippen LogP contribution in [-0.4, -0.2) is 26.0 Å². The Bertz CT molecular complexity index is 506. The number of halogens is 1. The average molecular weight is 252 g/mol. The first-order chi connectivity index (χ1) is 8.55. The van der Waals surface area contributed by atoms with Crippen LogP contribution in [0.25, 0.3) is 0 Å². The maximum absolute atomic E-state index is 13.2. The van der Waals surface area contributed by atoms with E-state index in [0.717, 1.165) is 6.07 Å². The molecule has 0 heterocycles. The third kappa shape index (κ3) is 1.85. The molecule has 1 aromatic rings. The number of ketones is 1. The molecule has 1 fully saturated rings. The summed E-state index contributed by atoms with van der Waals surface area (Å²) < 4.78 is 22.9. The Hall–Kier alpha value is -1.91. The van der Waals surface area contributed by atoms with Crippen LogP contribution in [0.5, 0.6) is 5.75 Å². The molecule has 1 aromatic carbocycles. The molecule has 0 atom stereocenters. The maximum Gasteiger partial charge on any atom is 0.319 e. The topological polar surface area (TPSA) is 52.6 Å². The van der Waals surface area contributed by atoms with Crippen LogP contribution in [0.3, 0.4) is 0 Å². The minimum Gasteiger partial charge on any atom is -0.496 e. The van der Waals surface area contributed by atoms with Crippen molar-refractivity contribution < 1.29 is 23.5 Å². The van der Waals surface area contributed by atoms with E-state index in [1.165, 1.54) is 26.4 Å². The molecular weight excluding hydrogens is 239 g/mol. The summed E-state index contributed by atoms with van der Waals surface area (Å²) in [5.74, 6) is -1.29. The molecule has 4 nitrogen and oxygen atoms in total. The molecule has 0 bridgehead atoms. The highest BCUT2D eigenvalue weighted by Gasteiger charge is 2.58. The fraction of sp³-hybridized carbons (Fsp3) is 0.385. The molecule has 0 amide bonds. The molecule has 1 aliphatic rings. The van der Waals surface area contributed by atoms with Crippen LogP contribution in [0.2, 0.25) is 0 Å². The van der Waals surface area contributed by atoms with Crippen molar-refractivity contribution in [3.8, 4) is 5.75 Å². The number of hydrogen-bond donors (Lipinski definition) is 0. The molecule has 0 saturated heterocycles. The van der Waals surface area contributed by atoms with Gasteiger partial charge in [0, 0.05) is 0 Å². The van der Waals surface area contributed by atoms with E-state index >= 15 is 0 Å². The van der Waals surface area contributed by atoms with Crippen LogP contribution in [0.15, 0.2) is 18.2 Å². The number of Topliss-reactive ketones (excluding diaryl/α,β-unsaturated/α-hetero) is 1. The van der Waals surface area contributed by atoms with Gasteiger partial charge >= 0.3 is 5.97 Å². The predicted molar refractivity (Wildman–Crippen MR) is 61.0 cm³/mol. The standard InChI is InChI=1S/C13H13FO4/c1-17-10-4-3-8(14)7-9(10)11(15)13(5-6-13)12(16)18-2/h3-4,7H,5-6H2,1-2H3. The number of esters is 1. The van der Waals surface area contributed by atoms with Crippen LogP contribution >= 0.6 is 0 Å². The molecule has 5 heteroatoms. The summed E-state index contributed by atoms with van der Waals surface area (Å²) in [5, 5.41) is 0. The highest BCUT2D eigenvalue weighted by Crippen LogP contribution is 2.50. The van der Waals surface area contributed by atoms with Gasteiger partial charge in [0.25, 0.3) is 0 Å². The zero-order chi connectivity index (χ0) is 13.3. The van der Waals surface area contributed by atoms with Crippen molar-refractivity contribution in [1.29, 1.82) is 0 Å². The average Bonchev–Trinajstić information content (AvgIpc) is 3.18. The van der Waals surface area contributed by atoms with Gasteiger partial charge in [0.2, 0.25) is 0 Å². The largest absolute Gasteiger partial charge is 0.496 e. The van der Waals surface area contributed by atoms with E-state index < -0.39 is 23.0 Å². The van der Waals surface area contributed by atoms with Crippen LogP contribution < -0.4 is 4.74 Å². The Morgan fingerprint density at radius 3 is 2.44 bits per heavy atom. The number of rotatable bonds is 4. The van der Waals surface area contributed by atoms with Gasteiger partial charge in [-0.05, 0) is 31.0 Å². The van der Waals surface area contributed by atoms with Crippen LogP contribution in [0.1, 0.15) is 23.2 Å². The molecule has 0 unspecified atom stereocenters. The van der Waals surface area contributed by atoms with E-state index in [4.69, 9.17) is 4.74 Å². The van der Waals surface area contributed by atoms with Crippen molar-refractivity contribution in [1.82, 2.24) is 0 Å². The second-order valence-electron chi connectivity index (χ2n) is 4.25. The van der Waals surface area contributed by atoms with Crippen molar-refractivity contribution in [2.24, 2.45) is 5.41 Å². The first-order valence-corrected chi connectivity index (χ1v) is 5.52. The molecule has 2 rings (SSSR count). The third-order valence-corrected chi connectivity index (χ3v) is 3.17. The maximum atomic E-state index is 13.2. The molecule has 0 spiro atoms. The summed E-state index contributed by atoms with van der Waals surface area (Å²) in [7, 11) is 2.63. The second kappa shape index (κ2) is 4.40. The van der Waals surface area contributed by atoms with E-state index in [0.29, 0.717) is 12.8 Å². The van der Waals surface area contributed by atoms with Gasteiger partial charge in [0.1, 0.15) is 17.0 Å². The van der Waals surface area contributed by atoms with Crippen molar-refractivity contribution in [2.45, 2.75) is 12.8 Å². The quantitative estimate of drug-likeness (QED) is 0.467. The van der Waals surface area contributed by atoms with E-state index in [1.807, 2.05) is 0 Å². The zero-order valence-electron chi connectivity index (χ0n) is 10.2. The fourth-order valence-electron chi connectivity index (χ4n) is 1.96. The summed E-state index contributed by atoms with van der Waals surface area (Å²) in [6.07, 6.45) is 0.857. The molecule has 0 aliphatic heterocycles. The van der Waals surface area contributed by atoms with Gasteiger partial charge in [0.05, 0.1) is 19.8 Å². The first-order valence-electron chi connectivity index (χ1n) is 5.52. The number of ether oxygens (including phenoxy) is 2. The lowest BCUT2D eigenvalue weighted by atomic mass is 9.94. The van der Waals surface area contributed by atoms with Gasteiger partial charge in [-0.2, -0.15) is 0 Å². The molecule has 1 aliphatic carbocycles. The Balaban J connectivity index is 2.40. The van der Waals surface area contributed by atoms with Crippen LogP contribution in [-0.2, 0) is 9.53 Å². The van der Waals surface area contributed by atoms with Crippen LogP contribution in [0.4, 0.5) is 4.39 Å². The molecule has 0 radical (unpaired) electrons. The number of hydrogen-bond acceptors (Lipinski definition) is 4. The number of methoxy groups -OCH3 is 2. The normalized spacial score (nSPS) is 15.9. The zero-order valence-corrected chi connectivity index (χ0v) is 10.2. The SMILES string of the molecule is COC(=O)C1(C(=O)c2cc(F)ccc2OC)CC1. The van der Waals surface area contributed by atoms with Crippen molar-refractivity contribution in [3.63, 3.8) is 0 Å². The van der Waals surface area contributed by atoms with Gasteiger partial charge in [-0.1, -0.05) is 0 Å². The van der Waals surface area contributed by atoms with Gasteiger partial charge in [0.15, 0.2) is 5.78 Å². The summed E-state index contributed by atoms with van der Waals surface area (Å²) in [5.41, 5.74) is -1.06.